The summed E-state index contributed by atoms with van der Waals surface area (Å²) in [5, 5.41) is 17.7. The largest absolute Gasteiger partial charge is 0.481 e. The number of unbranched alkanes of at least 4 members (excludes halogenated alkanes) is 11. The van der Waals surface area contributed by atoms with Crippen molar-refractivity contribution in [2.75, 3.05) is 34.3 Å². The van der Waals surface area contributed by atoms with Gasteiger partial charge in [0.25, 0.3) is 0 Å². The van der Waals surface area contributed by atoms with E-state index in [2.05, 4.69) is 0 Å². The average molecular weight is 415 g/mol. The molecule has 0 aliphatic heterocycles. The summed E-state index contributed by atoms with van der Waals surface area (Å²) < 4.78 is 5.86. The van der Waals surface area contributed by atoms with Crippen LogP contribution < -0.4 is 0 Å². The number of hydrogen-bond acceptors (Lipinski definition) is 4. The Hall–Kier alpha value is -1.40. The molecule has 0 aromatic heterocycles. The third-order valence-corrected chi connectivity index (χ3v) is 4.72. The first-order chi connectivity index (χ1) is 13.7. The van der Waals surface area contributed by atoms with Crippen LogP contribution in [-0.4, -0.2) is 67.0 Å². The smallest absolute Gasteiger partial charge is 0.330 e. The summed E-state index contributed by atoms with van der Waals surface area (Å²) in [6.07, 6.45) is 16.5. The molecule has 6 nitrogen and oxygen atoms in total. The Balaban J connectivity index is 3.72. The second-order valence-electron chi connectivity index (χ2n) is 8.93. The third kappa shape index (κ3) is 21.1. The molecule has 0 aliphatic carbocycles. The van der Waals surface area contributed by atoms with E-state index in [-0.39, 0.29) is 6.42 Å². The number of aliphatic hydroxyl groups excluding tert-OH is 1. The summed E-state index contributed by atoms with van der Waals surface area (Å²) >= 11 is 0. The van der Waals surface area contributed by atoms with Gasteiger partial charge in [-0.3, -0.25) is 4.79 Å². The third-order valence-electron chi connectivity index (χ3n) is 4.72. The van der Waals surface area contributed by atoms with Crippen LogP contribution in [0.25, 0.3) is 0 Å². The van der Waals surface area contributed by atoms with E-state index in [4.69, 9.17) is 14.9 Å². The molecule has 0 radical (unpaired) electrons. The molecule has 170 valence electrons. The van der Waals surface area contributed by atoms with E-state index in [1.54, 1.807) is 0 Å². The van der Waals surface area contributed by atoms with Crippen LogP contribution in [0, 0.1) is 0 Å². The number of quaternary nitrogens is 1. The van der Waals surface area contributed by atoms with E-state index in [0.717, 1.165) is 25.7 Å². The van der Waals surface area contributed by atoms with Crippen LogP contribution in [0.2, 0.25) is 0 Å². The van der Waals surface area contributed by atoms with Crippen molar-refractivity contribution in [3.8, 4) is 0 Å². The summed E-state index contributed by atoms with van der Waals surface area (Å²) in [6.45, 7) is 0.784. The lowest BCUT2D eigenvalue weighted by molar-refractivity contribution is -0.873. The molecular weight excluding hydrogens is 370 g/mol. The molecule has 0 heterocycles. The number of allylic oxidation sites excluding steroid dienone is 1. The van der Waals surface area contributed by atoms with E-state index in [0.29, 0.717) is 17.6 Å². The number of aliphatic hydroxyl groups is 1. The van der Waals surface area contributed by atoms with Gasteiger partial charge in [0.2, 0.25) is 0 Å². The van der Waals surface area contributed by atoms with Crippen molar-refractivity contribution in [1.82, 2.24) is 0 Å². The number of carbonyl (C=O) groups excluding carboxylic acids is 1. The lowest BCUT2D eigenvalue weighted by atomic mass is 10.1. The fraction of sp³-hybridized carbons (Fsp3) is 0.826. The lowest BCUT2D eigenvalue weighted by Crippen LogP contribution is -2.43. The first-order valence-corrected chi connectivity index (χ1v) is 11.2. The minimum Gasteiger partial charge on any atom is -0.481 e. The molecule has 0 aromatic rings. The monoisotopic (exact) mass is 414 g/mol. The zero-order valence-corrected chi connectivity index (χ0v) is 18.9. The quantitative estimate of drug-likeness (QED) is 0.142. The van der Waals surface area contributed by atoms with Gasteiger partial charge < -0.3 is 19.4 Å². The van der Waals surface area contributed by atoms with Gasteiger partial charge in [-0.05, 0) is 19.3 Å². The van der Waals surface area contributed by atoms with Crippen LogP contribution in [0.5, 0.6) is 0 Å². The predicted octanol–water partition coefficient (Wildman–Crippen LogP) is 4.31. The molecule has 1 unspecified atom stereocenters. The Morgan fingerprint density at radius 3 is 1.79 bits per heavy atom. The van der Waals surface area contributed by atoms with Crippen LogP contribution in [0.4, 0.5) is 0 Å². The predicted molar refractivity (Wildman–Crippen MR) is 117 cm³/mol. The fourth-order valence-electron chi connectivity index (χ4n) is 3.30. The molecule has 0 bridgehead atoms. The first kappa shape index (κ1) is 27.6. The lowest BCUT2D eigenvalue weighted by Gasteiger charge is -2.28. The van der Waals surface area contributed by atoms with E-state index < -0.39 is 18.0 Å². The molecule has 0 spiro atoms. The molecule has 0 amide bonds. The number of hydrogen-bond donors (Lipinski definition) is 2. The van der Waals surface area contributed by atoms with Crippen molar-refractivity contribution >= 4 is 11.9 Å². The summed E-state index contributed by atoms with van der Waals surface area (Å²) in [5.41, 5.74) is 0. The normalized spacial score (nSPS) is 13.0. The number of likely N-dealkylation sites (N-methyl/N-ethyl adjacent to an activating group) is 1. The maximum Gasteiger partial charge on any atom is 0.330 e. The number of rotatable bonds is 19. The molecule has 0 rings (SSSR count). The van der Waals surface area contributed by atoms with Gasteiger partial charge in [0.1, 0.15) is 6.54 Å². The van der Waals surface area contributed by atoms with Crippen molar-refractivity contribution in [3.63, 3.8) is 0 Å². The number of esters is 1. The second-order valence-corrected chi connectivity index (χ2v) is 8.93. The molecule has 0 saturated heterocycles. The second kappa shape index (κ2) is 17.5. The fourth-order valence-corrected chi connectivity index (χ4v) is 3.30. The Bertz CT molecular complexity index is 457. The highest BCUT2D eigenvalue weighted by atomic mass is 16.5. The summed E-state index contributed by atoms with van der Waals surface area (Å²) in [6, 6.07) is 0. The topological polar surface area (TPSA) is 83.8 Å². The van der Waals surface area contributed by atoms with Gasteiger partial charge in [-0.1, -0.05) is 63.9 Å². The van der Waals surface area contributed by atoms with Crippen molar-refractivity contribution in [2.24, 2.45) is 0 Å². The van der Waals surface area contributed by atoms with Crippen LogP contribution >= 0.6 is 0 Å². The maximum atomic E-state index is 11.9. The highest BCUT2D eigenvalue weighted by Crippen LogP contribution is 2.12. The van der Waals surface area contributed by atoms with Crippen molar-refractivity contribution in [2.45, 2.75) is 89.6 Å². The van der Waals surface area contributed by atoms with E-state index >= 15 is 0 Å². The molecule has 0 aliphatic rings. The molecule has 0 aromatic carbocycles. The van der Waals surface area contributed by atoms with Gasteiger partial charge >= 0.3 is 11.9 Å². The van der Waals surface area contributed by atoms with Crippen LogP contribution in [0.1, 0.15) is 83.5 Å². The Labute approximate surface area is 177 Å². The number of ether oxygens (including phenoxy) is 1. The van der Waals surface area contributed by atoms with Gasteiger partial charge in [-0.2, -0.15) is 0 Å². The molecule has 2 N–H and O–H groups in total. The maximum absolute atomic E-state index is 11.9. The zero-order chi connectivity index (χ0) is 22.0. The van der Waals surface area contributed by atoms with Gasteiger partial charge in [0.05, 0.1) is 27.6 Å². The van der Waals surface area contributed by atoms with E-state index in [9.17, 15) is 9.59 Å². The number of nitrogens with zero attached hydrogens (tertiary/aromatic N) is 1. The first-order valence-electron chi connectivity index (χ1n) is 11.2. The number of aliphatic carboxylic acids is 1. The number of carboxylic acids is 1. The highest BCUT2D eigenvalue weighted by molar-refractivity contribution is 5.82. The van der Waals surface area contributed by atoms with E-state index in [1.165, 1.54) is 57.4 Å². The Morgan fingerprint density at radius 1 is 0.862 bits per heavy atom. The SMILES string of the molecule is C[N+](C)(C)CC(CC(=O)O)OC(=O)C=CCCCCCCCCCCCCCO. The standard InChI is InChI=1S/C23H43NO5/c1-24(2,3)20-21(19-22(26)27)29-23(28)17-15-13-11-9-7-5-4-6-8-10-12-14-16-18-25/h15,17,21,25H,4-14,16,18-20H2,1-3H3/p+1. The van der Waals surface area contributed by atoms with Crippen molar-refractivity contribution in [1.29, 1.82) is 0 Å². The van der Waals surface area contributed by atoms with Crippen molar-refractivity contribution < 1.29 is 29.0 Å². The zero-order valence-electron chi connectivity index (χ0n) is 18.9. The van der Waals surface area contributed by atoms with Crippen LogP contribution in [0.3, 0.4) is 0 Å². The number of carbonyl (C=O) groups is 2. The van der Waals surface area contributed by atoms with Gasteiger partial charge in [0.15, 0.2) is 6.10 Å². The van der Waals surface area contributed by atoms with Gasteiger partial charge in [-0.15, -0.1) is 0 Å². The average Bonchev–Trinajstić information content (AvgIpc) is 2.60. The number of carboxylic acid groups (broad SMARTS) is 1. The summed E-state index contributed by atoms with van der Waals surface area (Å²) in [4.78, 5) is 22.9. The summed E-state index contributed by atoms with van der Waals surface area (Å²) in [7, 11) is 5.83. The molecule has 29 heavy (non-hydrogen) atoms. The molecule has 6 heteroatoms. The van der Waals surface area contributed by atoms with Crippen LogP contribution in [0.15, 0.2) is 12.2 Å². The van der Waals surface area contributed by atoms with Crippen LogP contribution in [-0.2, 0) is 14.3 Å². The van der Waals surface area contributed by atoms with Crippen molar-refractivity contribution in [3.05, 3.63) is 12.2 Å². The van der Waals surface area contributed by atoms with E-state index in [1.807, 2.05) is 27.2 Å². The van der Waals surface area contributed by atoms with Gasteiger partial charge in [-0.25, -0.2) is 4.79 Å². The van der Waals surface area contributed by atoms with Gasteiger partial charge in [0, 0.05) is 12.7 Å². The minimum absolute atomic E-state index is 0.169. The minimum atomic E-state index is -0.957. The Morgan fingerprint density at radius 2 is 1.34 bits per heavy atom. The molecule has 0 saturated carbocycles. The molecule has 1 atom stereocenters. The highest BCUT2D eigenvalue weighted by Gasteiger charge is 2.23. The molecular formula is C23H44NO5+. The summed E-state index contributed by atoms with van der Waals surface area (Å²) in [5.74, 6) is -1.41. The Kier molecular flexibility index (Phi) is 16.6. The molecule has 0 fully saturated rings.